The van der Waals surface area contributed by atoms with Gasteiger partial charge in [-0.3, -0.25) is 4.31 Å². The van der Waals surface area contributed by atoms with E-state index in [2.05, 4.69) is 11.1 Å². The van der Waals surface area contributed by atoms with Crippen molar-refractivity contribution in [2.75, 3.05) is 68.8 Å². The van der Waals surface area contributed by atoms with Crippen LogP contribution in [0, 0.1) is 11.5 Å². The number of benzene rings is 1. The molecule has 0 bridgehead atoms. The summed E-state index contributed by atoms with van der Waals surface area (Å²) >= 11 is 0. The molecule has 1 aromatic carbocycles. The molecule has 3 fully saturated rings. The van der Waals surface area contributed by atoms with Crippen LogP contribution in [0.4, 0.5) is 11.4 Å². The highest BCUT2D eigenvalue weighted by atomic mass is 32.2. The van der Waals surface area contributed by atoms with Gasteiger partial charge in [0.25, 0.3) is 0 Å². The lowest BCUT2D eigenvalue weighted by atomic mass is 10.2. The van der Waals surface area contributed by atoms with E-state index in [1.54, 1.807) is 22.4 Å². The van der Waals surface area contributed by atoms with Crippen LogP contribution in [0.2, 0.25) is 0 Å². The smallest absolute Gasteiger partial charge is 0.304 e. The van der Waals surface area contributed by atoms with E-state index < -0.39 is 10.2 Å². The Hall–Kier alpha value is -2.22. The molecule has 9 nitrogen and oxygen atoms in total. The van der Waals surface area contributed by atoms with Crippen LogP contribution in [-0.4, -0.2) is 83.3 Å². The van der Waals surface area contributed by atoms with Gasteiger partial charge >= 0.3 is 10.2 Å². The molecular formula is C18H25N5O4S. The Morgan fingerprint density at radius 2 is 1.96 bits per heavy atom. The van der Waals surface area contributed by atoms with Crippen LogP contribution in [0.5, 0.6) is 5.75 Å². The fraction of sp³-hybridized carbons (Fsp3) is 0.611. The van der Waals surface area contributed by atoms with Crippen LogP contribution in [0.15, 0.2) is 18.2 Å². The average Bonchev–Trinajstić information content (AvgIpc) is 3.31. The quantitative estimate of drug-likeness (QED) is 0.670. The number of rotatable bonds is 4. The van der Waals surface area contributed by atoms with Gasteiger partial charge in [-0.15, -0.1) is 0 Å². The minimum Gasteiger partial charge on any atom is -0.495 e. The molecule has 3 saturated heterocycles. The number of methoxy groups -OCH3 is 1. The third kappa shape index (κ3) is 3.34. The zero-order valence-electron chi connectivity index (χ0n) is 16.0. The average molecular weight is 407 g/mol. The van der Waals surface area contributed by atoms with E-state index >= 15 is 0 Å². The summed E-state index contributed by atoms with van der Waals surface area (Å²) in [7, 11) is -2.00. The largest absolute Gasteiger partial charge is 0.495 e. The number of morpholine rings is 1. The Balaban J connectivity index is 1.60. The fourth-order valence-corrected chi connectivity index (χ4v) is 5.94. The number of nitriles is 1. The van der Waals surface area contributed by atoms with Gasteiger partial charge in [0.2, 0.25) is 0 Å². The Morgan fingerprint density at radius 1 is 1.18 bits per heavy atom. The molecule has 0 amide bonds. The van der Waals surface area contributed by atoms with Crippen molar-refractivity contribution < 1.29 is 17.9 Å². The van der Waals surface area contributed by atoms with Gasteiger partial charge in [0.15, 0.2) is 6.19 Å². The molecular weight excluding hydrogens is 382 g/mol. The Kier molecular flexibility index (Phi) is 5.23. The van der Waals surface area contributed by atoms with Crippen molar-refractivity contribution in [2.24, 2.45) is 0 Å². The van der Waals surface area contributed by atoms with E-state index in [1.165, 1.54) is 4.31 Å². The first kappa shape index (κ1) is 19.1. The van der Waals surface area contributed by atoms with Crippen LogP contribution < -0.4 is 13.9 Å². The van der Waals surface area contributed by atoms with Gasteiger partial charge in [-0.25, -0.2) is 0 Å². The van der Waals surface area contributed by atoms with Gasteiger partial charge in [0.05, 0.1) is 31.7 Å². The molecule has 152 valence electrons. The molecule has 0 unspecified atom stereocenters. The summed E-state index contributed by atoms with van der Waals surface area (Å²) in [6.45, 7) is 4.67. The Morgan fingerprint density at radius 3 is 2.64 bits per heavy atom. The second-order valence-electron chi connectivity index (χ2n) is 7.13. The van der Waals surface area contributed by atoms with Crippen molar-refractivity contribution in [1.29, 1.82) is 5.26 Å². The first-order chi connectivity index (χ1) is 13.5. The molecule has 10 heteroatoms. The van der Waals surface area contributed by atoms with Crippen LogP contribution in [0.3, 0.4) is 0 Å². The second kappa shape index (κ2) is 7.66. The Bertz CT molecular complexity index is 865. The van der Waals surface area contributed by atoms with Gasteiger partial charge < -0.3 is 19.3 Å². The third-order valence-electron chi connectivity index (χ3n) is 5.61. The van der Waals surface area contributed by atoms with Crippen molar-refractivity contribution in [3.05, 3.63) is 18.2 Å². The first-order valence-corrected chi connectivity index (χ1v) is 10.9. The molecule has 1 aromatic rings. The molecule has 0 radical (unpaired) electrons. The summed E-state index contributed by atoms with van der Waals surface area (Å²) in [6.07, 6.45) is 2.80. The molecule has 0 saturated carbocycles. The maximum atomic E-state index is 13.2. The highest BCUT2D eigenvalue weighted by Gasteiger charge is 2.43. The summed E-state index contributed by atoms with van der Waals surface area (Å²) in [5.74, 6) is 0.722. The standard InChI is InChI=1S/C18H25N5O4S/c1-26-18-3-2-15(12-17(18)21-8-10-27-11-9-21)22-6-7-23(28(22,24)25)16-4-5-20(13-16)14-19/h2-3,12,16H,4-11,13H2,1H3/t16-/m1/s1. The van der Waals surface area contributed by atoms with Crippen LogP contribution >= 0.6 is 0 Å². The number of ether oxygens (including phenoxy) is 2. The van der Waals surface area contributed by atoms with E-state index in [0.717, 1.165) is 24.5 Å². The number of likely N-dealkylation sites (tertiary alicyclic amines) is 1. The molecule has 28 heavy (non-hydrogen) atoms. The molecule has 0 N–H and O–H groups in total. The van der Waals surface area contributed by atoms with Gasteiger partial charge in [-0.2, -0.15) is 18.0 Å². The summed E-state index contributed by atoms with van der Waals surface area (Å²) in [5.41, 5.74) is 1.52. The van der Waals surface area contributed by atoms with Gasteiger partial charge in [0, 0.05) is 45.3 Å². The molecule has 0 spiro atoms. The van der Waals surface area contributed by atoms with Crippen molar-refractivity contribution in [3.63, 3.8) is 0 Å². The van der Waals surface area contributed by atoms with Crippen LogP contribution in [0.1, 0.15) is 6.42 Å². The molecule has 1 atom stereocenters. The van der Waals surface area contributed by atoms with Gasteiger partial charge in [-0.05, 0) is 24.6 Å². The van der Waals surface area contributed by atoms with E-state index in [1.807, 2.05) is 12.1 Å². The van der Waals surface area contributed by atoms with Crippen LogP contribution in [0.25, 0.3) is 0 Å². The molecule has 3 aliphatic heterocycles. The predicted molar refractivity (Wildman–Crippen MR) is 105 cm³/mol. The normalized spacial score (nSPS) is 25.1. The maximum absolute atomic E-state index is 13.2. The lowest BCUT2D eigenvalue weighted by Crippen LogP contribution is -2.41. The zero-order valence-corrected chi connectivity index (χ0v) is 16.8. The highest BCUT2D eigenvalue weighted by molar-refractivity contribution is 7.90. The van der Waals surface area contributed by atoms with Crippen molar-refractivity contribution in [3.8, 4) is 11.9 Å². The summed E-state index contributed by atoms with van der Waals surface area (Å²) in [6, 6.07) is 5.36. The zero-order chi connectivity index (χ0) is 19.7. The molecule has 4 rings (SSSR count). The van der Waals surface area contributed by atoms with E-state index in [-0.39, 0.29) is 6.04 Å². The minimum atomic E-state index is -3.62. The second-order valence-corrected chi connectivity index (χ2v) is 8.94. The summed E-state index contributed by atoms with van der Waals surface area (Å²) < 4.78 is 40.3. The lowest BCUT2D eigenvalue weighted by Gasteiger charge is -2.31. The Labute approximate surface area is 165 Å². The number of hydrogen-bond acceptors (Lipinski definition) is 7. The van der Waals surface area contributed by atoms with Gasteiger partial charge in [-0.1, -0.05) is 0 Å². The van der Waals surface area contributed by atoms with E-state index in [4.69, 9.17) is 14.7 Å². The number of anilines is 2. The van der Waals surface area contributed by atoms with Crippen molar-refractivity contribution in [1.82, 2.24) is 9.21 Å². The summed E-state index contributed by atoms with van der Waals surface area (Å²) in [4.78, 5) is 3.78. The lowest BCUT2D eigenvalue weighted by molar-refractivity contribution is 0.122. The van der Waals surface area contributed by atoms with Gasteiger partial charge in [0.1, 0.15) is 5.75 Å². The van der Waals surface area contributed by atoms with Crippen molar-refractivity contribution >= 4 is 21.6 Å². The molecule has 3 heterocycles. The number of nitrogens with zero attached hydrogens (tertiary/aromatic N) is 5. The van der Waals surface area contributed by atoms with Crippen molar-refractivity contribution in [2.45, 2.75) is 12.5 Å². The SMILES string of the molecule is COc1ccc(N2CCN([C@@H]3CCN(C#N)C3)S2(=O)=O)cc1N1CCOCC1. The minimum absolute atomic E-state index is 0.147. The maximum Gasteiger partial charge on any atom is 0.304 e. The fourth-order valence-electron chi connectivity index (χ4n) is 4.13. The van der Waals surface area contributed by atoms with E-state index in [0.29, 0.717) is 51.5 Å². The predicted octanol–water partition coefficient (Wildman–Crippen LogP) is 0.454. The highest BCUT2D eigenvalue weighted by Crippen LogP contribution is 2.36. The van der Waals surface area contributed by atoms with E-state index in [9.17, 15) is 8.42 Å². The third-order valence-corrected chi connectivity index (χ3v) is 7.64. The van der Waals surface area contributed by atoms with Crippen LogP contribution in [-0.2, 0) is 14.9 Å². The topological polar surface area (TPSA) is 89.3 Å². The summed E-state index contributed by atoms with van der Waals surface area (Å²) in [5, 5.41) is 9.06. The molecule has 0 aliphatic carbocycles. The molecule has 3 aliphatic rings. The number of hydrogen-bond donors (Lipinski definition) is 0. The monoisotopic (exact) mass is 407 g/mol. The first-order valence-electron chi connectivity index (χ1n) is 9.49. The molecule has 0 aromatic heterocycles.